The molecular weight excluding hydrogens is 208 g/mol. The largest absolute Gasteiger partial charge is 0.481 e. The Labute approximate surface area is 97.7 Å². The molecule has 2 N–H and O–H groups in total. The lowest BCUT2D eigenvalue weighted by molar-refractivity contribution is -0.141. The highest BCUT2D eigenvalue weighted by Crippen LogP contribution is 2.02. The predicted molar refractivity (Wildman–Crippen MR) is 63.5 cm³/mol. The molecule has 0 rings (SSSR count). The number of aliphatic carboxylic acids is 1. The van der Waals surface area contributed by atoms with Crippen molar-refractivity contribution in [2.24, 2.45) is 5.92 Å². The minimum atomic E-state index is -0.791. The SMILES string of the molecule is CC(O)CN(CCN(C)C)CC(C)C(=O)O. The Morgan fingerprint density at radius 1 is 1.19 bits per heavy atom. The molecule has 5 heteroatoms. The number of aliphatic hydroxyl groups is 1. The van der Waals surface area contributed by atoms with Gasteiger partial charge in [-0.25, -0.2) is 0 Å². The van der Waals surface area contributed by atoms with Gasteiger partial charge in [-0.15, -0.1) is 0 Å². The van der Waals surface area contributed by atoms with Crippen LogP contribution >= 0.6 is 0 Å². The first kappa shape index (κ1) is 15.3. The zero-order valence-corrected chi connectivity index (χ0v) is 10.7. The van der Waals surface area contributed by atoms with Crippen molar-refractivity contribution < 1.29 is 15.0 Å². The second-order valence-corrected chi connectivity index (χ2v) is 4.65. The third-order valence-electron chi connectivity index (χ3n) is 2.34. The molecule has 0 aliphatic heterocycles. The van der Waals surface area contributed by atoms with Gasteiger partial charge in [-0.2, -0.15) is 0 Å². The van der Waals surface area contributed by atoms with E-state index in [1.54, 1.807) is 13.8 Å². The Balaban J connectivity index is 4.14. The van der Waals surface area contributed by atoms with Crippen molar-refractivity contribution >= 4 is 5.97 Å². The van der Waals surface area contributed by atoms with Crippen molar-refractivity contribution in [3.8, 4) is 0 Å². The molecule has 0 spiro atoms. The molecule has 16 heavy (non-hydrogen) atoms. The van der Waals surface area contributed by atoms with E-state index in [4.69, 9.17) is 5.11 Å². The molecule has 0 aromatic rings. The third-order valence-corrected chi connectivity index (χ3v) is 2.34. The van der Waals surface area contributed by atoms with E-state index in [9.17, 15) is 9.90 Å². The van der Waals surface area contributed by atoms with Crippen LogP contribution in [-0.2, 0) is 4.79 Å². The van der Waals surface area contributed by atoms with Crippen molar-refractivity contribution in [3.05, 3.63) is 0 Å². The maximum atomic E-state index is 10.8. The molecule has 96 valence electrons. The van der Waals surface area contributed by atoms with Gasteiger partial charge < -0.3 is 15.1 Å². The molecule has 0 fully saturated rings. The van der Waals surface area contributed by atoms with Gasteiger partial charge in [0.05, 0.1) is 12.0 Å². The molecule has 0 saturated heterocycles. The van der Waals surface area contributed by atoms with Gasteiger partial charge in [0.15, 0.2) is 0 Å². The number of rotatable bonds is 8. The maximum Gasteiger partial charge on any atom is 0.307 e. The van der Waals surface area contributed by atoms with E-state index in [1.165, 1.54) is 0 Å². The lowest BCUT2D eigenvalue weighted by atomic mass is 10.1. The van der Waals surface area contributed by atoms with Gasteiger partial charge in [0.1, 0.15) is 0 Å². The van der Waals surface area contributed by atoms with Gasteiger partial charge >= 0.3 is 5.97 Å². The Morgan fingerprint density at radius 2 is 1.75 bits per heavy atom. The summed E-state index contributed by atoms with van der Waals surface area (Å²) in [5, 5.41) is 18.2. The molecule has 0 bridgehead atoms. The normalized spacial score (nSPS) is 15.4. The molecule has 0 amide bonds. The Kier molecular flexibility index (Phi) is 7.29. The quantitative estimate of drug-likeness (QED) is 0.614. The standard InChI is InChI=1S/C11H24N2O3/c1-9(11(15)16)7-13(8-10(2)14)6-5-12(3)4/h9-10,14H,5-8H2,1-4H3,(H,15,16). The summed E-state index contributed by atoms with van der Waals surface area (Å²) in [5.41, 5.74) is 0. The van der Waals surface area contributed by atoms with Crippen LogP contribution in [0.5, 0.6) is 0 Å². The van der Waals surface area contributed by atoms with Gasteiger partial charge in [-0.3, -0.25) is 9.69 Å². The van der Waals surface area contributed by atoms with Crippen LogP contribution in [0.15, 0.2) is 0 Å². The first-order valence-corrected chi connectivity index (χ1v) is 5.61. The highest BCUT2D eigenvalue weighted by molar-refractivity contribution is 5.69. The molecule has 5 nitrogen and oxygen atoms in total. The Bertz CT molecular complexity index is 207. The molecule has 2 unspecified atom stereocenters. The van der Waals surface area contributed by atoms with Gasteiger partial charge in [-0.05, 0) is 21.0 Å². The predicted octanol–water partition coefficient (Wildman–Crippen LogP) is -0.0485. The first-order chi connectivity index (χ1) is 7.32. The summed E-state index contributed by atoms with van der Waals surface area (Å²) in [6, 6.07) is 0. The van der Waals surface area contributed by atoms with E-state index < -0.39 is 18.0 Å². The molecule has 0 aliphatic carbocycles. The average molecular weight is 232 g/mol. The fraction of sp³-hybridized carbons (Fsp3) is 0.909. The van der Waals surface area contributed by atoms with Crippen molar-refractivity contribution in [1.29, 1.82) is 0 Å². The maximum absolute atomic E-state index is 10.8. The Morgan fingerprint density at radius 3 is 2.12 bits per heavy atom. The van der Waals surface area contributed by atoms with Crippen molar-refractivity contribution in [2.45, 2.75) is 20.0 Å². The number of carboxylic acid groups (broad SMARTS) is 1. The topological polar surface area (TPSA) is 64.0 Å². The van der Waals surface area contributed by atoms with Crippen LogP contribution in [0.4, 0.5) is 0 Å². The first-order valence-electron chi connectivity index (χ1n) is 5.61. The van der Waals surface area contributed by atoms with Crippen LogP contribution in [0.1, 0.15) is 13.8 Å². The second kappa shape index (κ2) is 7.60. The number of hydrogen-bond acceptors (Lipinski definition) is 4. The van der Waals surface area contributed by atoms with E-state index in [1.807, 2.05) is 23.9 Å². The number of carboxylic acids is 1. The molecule has 0 saturated carbocycles. The van der Waals surface area contributed by atoms with Crippen LogP contribution in [-0.4, -0.2) is 72.4 Å². The van der Waals surface area contributed by atoms with Gasteiger partial charge in [0.2, 0.25) is 0 Å². The fourth-order valence-electron chi connectivity index (χ4n) is 1.44. The monoisotopic (exact) mass is 232 g/mol. The summed E-state index contributed by atoms with van der Waals surface area (Å²) in [6.45, 7) is 6.04. The number of likely N-dealkylation sites (N-methyl/N-ethyl adjacent to an activating group) is 1. The van der Waals surface area contributed by atoms with Crippen LogP contribution < -0.4 is 0 Å². The van der Waals surface area contributed by atoms with Crippen LogP contribution in [0, 0.1) is 5.92 Å². The van der Waals surface area contributed by atoms with Crippen molar-refractivity contribution in [3.63, 3.8) is 0 Å². The highest BCUT2D eigenvalue weighted by Gasteiger charge is 2.17. The number of nitrogens with zero attached hydrogens (tertiary/aromatic N) is 2. The zero-order chi connectivity index (χ0) is 12.7. The van der Waals surface area contributed by atoms with E-state index >= 15 is 0 Å². The van der Waals surface area contributed by atoms with Gasteiger partial charge in [0, 0.05) is 26.2 Å². The second-order valence-electron chi connectivity index (χ2n) is 4.65. The van der Waals surface area contributed by atoms with E-state index in [2.05, 4.69) is 0 Å². The lowest BCUT2D eigenvalue weighted by Gasteiger charge is -2.26. The summed E-state index contributed by atoms with van der Waals surface area (Å²) >= 11 is 0. The molecular formula is C11H24N2O3. The highest BCUT2D eigenvalue weighted by atomic mass is 16.4. The van der Waals surface area contributed by atoms with Crippen molar-refractivity contribution in [1.82, 2.24) is 9.80 Å². The molecule has 0 heterocycles. The fourth-order valence-corrected chi connectivity index (χ4v) is 1.44. The molecule has 0 aromatic heterocycles. The van der Waals surface area contributed by atoms with E-state index in [0.717, 1.165) is 13.1 Å². The molecule has 0 aliphatic rings. The third kappa shape index (κ3) is 7.62. The van der Waals surface area contributed by atoms with Gasteiger partial charge in [0.25, 0.3) is 0 Å². The minimum Gasteiger partial charge on any atom is -0.481 e. The molecule has 2 atom stereocenters. The molecule has 0 radical (unpaired) electrons. The Hall–Kier alpha value is -0.650. The average Bonchev–Trinajstić information content (AvgIpc) is 2.12. The number of carbonyl (C=O) groups is 1. The lowest BCUT2D eigenvalue weighted by Crippen LogP contribution is -2.40. The summed E-state index contributed by atoms with van der Waals surface area (Å²) in [7, 11) is 3.95. The summed E-state index contributed by atoms with van der Waals surface area (Å²) in [4.78, 5) is 14.8. The summed E-state index contributed by atoms with van der Waals surface area (Å²) < 4.78 is 0. The van der Waals surface area contributed by atoms with Gasteiger partial charge in [-0.1, -0.05) is 6.92 Å². The smallest absolute Gasteiger partial charge is 0.307 e. The summed E-state index contributed by atoms with van der Waals surface area (Å²) in [5.74, 6) is -1.19. The summed E-state index contributed by atoms with van der Waals surface area (Å²) in [6.07, 6.45) is -0.428. The number of hydrogen-bond donors (Lipinski definition) is 2. The minimum absolute atomic E-state index is 0.402. The van der Waals surface area contributed by atoms with Crippen LogP contribution in [0.25, 0.3) is 0 Å². The van der Waals surface area contributed by atoms with Crippen molar-refractivity contribution in [2.75, 3.05) is 40.3 Å². The molecule has 0 aromatic carbocycles. The number of aliphatic hydroxyl groups excluding tert-OH is 1. The van der Waals surface area contributed by atoms with Crippen LogP contribution in [0.2, 0.25) is 0 Å². The zero-order valence-electron chi connectivity index (χ0n) is 10.7. The van der Waals surface area contributed by atoms with E-state index in [-0.39, 0.29) is 0 Å². The van der Waals surface area contributed by atoms with Crippen LogP contribution in [0.3, 0.4) is 0 Å². The van der Waals surface area contributed by atoms with E-state index in [0.29, 0.717) is 13.1 Å².